The molecule has 1 aliphatic rings. The number of rotatable bonds is 9. The number of halogens is 5. The monoisotopic (exact) mass is 458 g/mol. The van der Waals surface area contributed by atoms with Crippen LogP contribution in [0.25, 0.3) is 0 Å². The van der Waals surface area contributed by atoms with Crippen molar-refractivity contribution >= 4 is 11.7 Å². The minimum Gasteiger partial charge on any atom is -0.470 e. The lowest BCUT2D eigenvalue weighted by molar-refractivity contribution is -0.290. The van der Waals surface area contributed by atoms with E-state index in [2.05, 4.69) is 25.2 Å². The van der Waals surface area contributed by atoms with E-state index in [1.54, 1.807) is 19.1 Å². The molecule has 1 fully saturated rings. The van der Waals surface area contributed by atoms with E-state index in [0.29, 0.717) is 11.3 Å². The van der Waals surface area contributed by atoms with E-state index in [-0.39, 0.29) is 23.8 Å². The molecule has 0 aromatic carbocycles. The van der Waals surface area contributed by atoms with Gasteiger partial charge in [-0.1, -0.05) is 0 Å². The zero-order valence-corrected chi connectivity index (χ0v) is 16.8. The number of hydrogen-bond donors (Lipinski definition) is 1. The summed E-state index contributed by atoms with van der Waals surface area (Å²) in [5.74, 6) is -6.03. The Morgan fingerprint density at radius 2 is 1.88 bits per heavy atom. The first-order chi connectivity index (χ1) is 15.0. The van der Waals surface area contributed by atoms with Crippen molar-refractivity contribution in [3.8, 4) is 5.88 Å². The fraction of sp³-hybridized carbons (Fsp3) is 0.450. The number of nitrogens with zero attached hydrogens (tertiary/aromatic N) is 3. The number of alkyl halides is 5. The van der Waals surface area contributed by atoms with Gasteiger partial charge in [0.2, 0.25) is 5.88 Å². The molecule has 0 aliphatic heterocycles. The Labute approximate surface area is 179 Å². The number of Topliss-reactive ketones (excluding diaryl/α,β-unsaturated/α-hetero) is 1. The van der Waals surface area contributed by atoms with Crippen LogP contribution in [-0.4, -0.2) is 45.6 Å². The average molecular weight is 458 g/mol. The molecule has 2 aromatic rings. The maximum absolute atomic E-state index is 12.9. The number of nitrogens with one attached hydrogen (secondary N) is 1. The van der Waals surface area contributed by atoms with Gasteiger partial charge < -0.3 is 10.1 Å². The highest BCUT2D eigenvalue weighted by Crippen LogP contribution is 2.35. The molecule has 7 nitrogen and oxygen atoms in total. The second-order valence-electron chi connectivity index (χ2n) is 7.44. The summed E-state index contributed by atoms with van der Waals surface area (Å²) in [5.41, 5.74) is 1.11. The van der Waals surface area contributed by atoms with Gasteiger partial charge in [-0.3, -0.25) is 14.6 Å². The SMILES string of the molecule is CC(NC(=O)c1ccc(OCC(F)(F)C(F)(F)F)nn1)c1ccnc(CC(=O)C2CC2)c1. The van der Waals surface area contributed by atoms with Crippen LogP contribution in [0.15, 0.2) is 30.5 Å². The minimum absolute atomic E-state index is 0.114. The van der Waals surface area contributed by atoms with Crippen LogP contribution in [0.5, 0.6) is 5.88 Å². The second-order valence-corrected chi connectivity index (χ2v) is 7.44. The van der Waals surface area contributed by atoms with Gasteiger partial charge in [-0.25, -0.2) is 0 Å². The van der Waals surface area contributed by atoms with Gasteiger partial charge in [0.15, 0.2) is 12.3 Å². The average Bonchev–Trinajstić information content (AvgIpc) is 3.57. The predicted molar refractivity (Wildman–Crippen MR) is 100 cm³/mol. The number of carbonyl (C=O) groups excluding carboxylic acids is 2. The molecule has 12 heteroatoms. The number of carbonyl (C=O) groups is 2. The van der Waals surface area contributed by atoms with Crippen molar-refractivity contribution in [1.82, 2.24) is 20.5 Å². The van der Waals surface area contributed by atoms with E-state index in [1.807, 2.05) is 0 Å². The van der Waals surface area contributed by atoms with Crippen LogP contribution in [0, 0.1) is 5.92 Å². The summed E-state index contributed by atoms with van der Waals surface area (Å²) >= 11 is 0. The highest BCUT2D eigenvalue weighted by molar-refractivity contribution is 5.92. The topological polar surface area (TPSA) is 94.1 Å². The Morgan fingerprint density at radius 1 is 1.16 bits per heavy atom. The van der Waals surface area contributed by atoms with E-state index in [1.165, 1.54) is 6.20 Å². The van der Waals surface area contributed by atoms with Gasteiger partial charge >= 0.3 is 12.1 Å². The fourth-order valence-corrected chi connectivity index (χ4v) is 2.71. The molecule has 1 aliphatic carbocycles. The quantitative estimate of drug-likeness (QED) is 0.579. The van der Waals surface area contributed by atoms with Crippen LogP contribution < -0.4 is 10.1 Å². The number of aromatic nitrogens is 3. The first kappa shape index (κ1) is 23.5. The van der Waals surface area contributed by atoms with Crippen LogP contribution in [0.2, 0.25) is 0 Å². The number of ether oxygens (including phenoxy) is 1. The highest BCUT2D eigenvalue weighted by atomic mass is 19.4. The molecule has 1 N–H and O–H groups in total. The van der Waals surface area contributed by atoms with Crippen molar-refractivity contribution in [3.63, 3.8) is 0 Å². The maximum atomic E-state index is 12.9. The molecule has 0 spiro atoms. The van der Waals surface area contributed by atoms with Crippen LogP contribution in [0.3, 0.4) is 0 Å². The number of pyridine rings is 1. The summed E-state index contributed by atoms with van der Waals surface area (Å²) in [4.78, 5) is 28.5. The molecule has 1 amide bonds. The van der Waals surface area contributed by atoms with Gasteiger partial charge in [0.05, 0.1) is 6.04 Å². The Balaban J connectivity index is 1.56. The normalized spacial score (nSPS) is 15.2. The molecule has 0 saturated heterocycles. The second kappa shape index (κ2) is 9.13. The minimum atomic E-state index is -5.76. The van der Waals surface area contributed by atoms with Crippen LogP contribution >= 0.6 is 0 Å². The molecule has 1 unspecified atom stereocenters. The third-order valence-electron chi connectivity index (χ3n) is 4.77. The number of amides is 1. The lowest BCUT2D eigenvalue weighted by Crippen LogP contribution is -2.41. The first-order valence-electron chi connectivity index (χ1n) is 9.66. The standard InChI is InChI=1S/C20H19F5N4O3/c1-11(13-6-7-26-14(8-13)9-16(30)12-2-3-12)27-18(31)15-4-5-17(29-28-15)32-10-19(21,22)20(23,24)25/h4-8,11-12H,2-3,9-10H2,1H3,(H,27,31). The largest absolute Gasteiger partial charge is 0.470 e. The van der Waals surface area contributed by atoms with Gasteiger partial charge in [-0.05, 0) is 43.5 Å². The molecule has 1 saturated carbocycles. The van der Waals surface area contributed by atoms with E-state index >= 15 is 0 Å². The molecule has 2 aromatic heterocycles. The third-order valence-corrected chi connectivity index (χ3v) is 4.77. The summed E-state index contributed by atoms with van der Waals surface area (Å²) in [6.07, 6.45) is -2.19. The Kier molecular flexibility index (Phi) is 6.70. The number of ketones is 1. The molecular weight excluding hydrogens is 439 g/mol. The molecule has 3 rings (SSSR count). The van der Waals surface area contributed by atoms with Crippen LogP contribution in [-0.2, 0) is 11.2 Å². The summed E-state index contributed by atoms with van der Waals surface area (Å²) in [6, 6.07) is 4.97. The van der Waals surface area contributed by atoms with Crippen molar-refractivity contribution in [2.45, 2.75) is 44.3 Å². The van der Waals surface area contributed by atoms with Crippen molar-refractivity contribution < 1.29 is 36.3 Å². The van der Waals surface area contributed by atoms with Crippen molar-refractivity contribution in [2.24, 2.45) is 5.92 Å². The van der Waals surface area contributed by atoms with Crippen LogP contribution in [0.4, 0.5) is 22.0 Å². The molecule has 2 heterocycles. The molecule has 1 atom stereocenters. The Hall–Kier alpha value is -3.18. The van der Waals surface area contributed by atoms with E-state index < -0.39 is 36.5 Å². The van der Waals surface area contributed by atoms with Crippen LogP contribution in [0.1, 0.15) is 47.6 Å². The van der Waals surface area contributed by atoms with Crippen molar-refractivity contribution in [2.75, 3.05) is 6.61 Å². The first-order valence-corrected chi connectivity index (χ1v) is 9.66. The highest BCUT2D eigenvalue weighted by Gasteiger charge is 2.58. The molecular formula is C20H19F5N4O3. The van der Waals surface area contributed by atoms with E-state index in [9.17, 15) is 31.5 Å². The summed E-state index contributed by atoms with van der Waals surface area (Å²) in [6.45, 7) is -0.259. The van der Waals surface area contributed by atoms with Gasteiger partial charge in [0.1, 0.15) is 5.78 Å². The predicted octanol–water partition coefficient (Wildman–Crippen LogP) is 3.46. The summed E-state index contributed by atoms with van der Waals surface area (Å²) < 4.78 is 66.6. The molecule has 0 bridgehead atoms. The zero-order valence-electron chi connectivity index (χ0n) is 16.8. The summed E-state index contributed by atoms with van der Waals surface area (Å²) in [7, 11) is 0. The van der Waals surface area contributed by atoms with Crippen molar-refractivity contribution in [1.29, 1.82) is 0 Å². The van der Waals surface area contributed by atoms with E-state index in [4.69, 9.17) is 0 Å². The molecule has 172 valence electrons. The molecule has 0 radical (unpaired) electrons. The maximum Gasteiger partial charge on any atom is 0.456 e. The van der Waals surface area contributed by atoms with Gasteiger partial charge in [-0.2, -0.15) is 22.0 Å². The Morgan fingerprint density at radius 3 is 2.47 bits per heavy atom. The zero-order chi connectivity index (χ0) is 23.5. The van der Waals surface area contributed by atoms with Gasteiger partial charge in [0.25, 0.3) is 5.91 Å². The lowest BCUT2D eigenvalue weighted by atomic mass is 10.1. The smallest absolute Gasteiger partial charge is 0.456 e. The van der Waals surface area contributed by atoms with Crippen molar-refractivity contribution in [3.05, 3.63) is 47.4 Å². The van der Waals surface area contributed by atoms with E-state index in [0.717, 1.165) is 25.0 Å². The van der Waals surface area contributed by atoms with Gasteiger partial charge in [0, 0.05) is 30.3 Å². The molecule has 32 heavy (non-hydrogen) atoms. The fourth-order valence-electron chi connectivity index (χ4n) is 2.71. The number of hydrogen-bond acceptors (Lipinski definition) is 6. The van der Waals surface area contributed by atoms with Gasteiger partial charge in [-0.15, -0.1) is 10.2 Å². The Bertz CT molecular complexity index is 978. The third kappa shape index (κ3) is 5.95. The lowest BCUT2D eigenvalue weighted by Gasteiger charge is -2.19. The summed E-state index contributed by atoms with van der Waals surface area (Å²) in [5, 5.41) is 9.51.